The highest BCUT2D eigenvalue weighted by atomic mass is 19.1. The normalized spacial score (nSPS) is 22.1. The third-order valence-corrected chi connectivity index (χ3v) is 4.44. The average Bonchev–Trinajstić information content (AvgIpc) is 3.22. The minimum atomic E-state index is -0.794. The summed E-state index contributed by atoms with van der Waals surface area (Å²) >= 11 is 0. The number of rotatable bonds is 3. The van der Waals surface area contributed by atoms with E-state index in [9.17, 15) is 9.50 Å². The van der Waals surface area contributed by atoms with Crippen LogP contribution in [0, 0.1) is 5.82 Å². The molecule has 4 rings (SSSR count). The Bertz CT molecular complexity index is 865. The van der Waals surface area contributed by atoms with Crippen molar-refractivity contribution >= 4 is 16.9 Å². The van der Waals surface area contributed by atoms with Crippen LogP contribution in [0.15, 0.2) is 42.9 Å². The van der Waals surface area contributed by atoms with Gasteiger partial charge in [0.1, 0.15) is 35.9 Å². The maximum Gasteiger partial charge on any atom is 0.147 e. The van der Waals surface area contributed by atoms with Crippen molar-refractivity contribution in [3.05, 3.63) is 54.2 Å². The monoisotopic (exact) mass is 328 g/mol. The molecule has 1 aliphatic heterocycles. The SMILES string of the molecule is Nc1ncnc2c1ccn2C1CCC(C(O)c2ccc(F)cc2)O1. The first kappa shape index (κ1) is 15.0. The van der Waals surface area contributed by atoms with E-state index < -0.39 is 6.10 Å². The first-order valence-electron chi connectivity index (χ1n) is 7.79. The molecule has 0 saturated carbocycles. The Morgan fingerprint density at radius 3 is 2.79 bits per heavy atom. The zero-order valence-corrected chi connectivity index (χ0v) is 12.8. The second-order valence-corrected chi connectivity index (χ2v) is 5.92. The van der Waals surface area contributed by atoms with E-state index in [1.165, 1.54) is 18.5 Å². The lowest BCUT2D eigenvalue weighted by Crippen LogP contribution is -2.19. The van der Waals surface area contributed by atoms with Gasteiger partial charge in [0, 0.05) is 6.20 Å². The van der Waals surface area contributed by atoms with Gasteiger partial charge in [0.05, 0.1) is 11.5 Å². The molecule has 124 valence electrons. The number of ether oxygens (including phenoxy) is 1. The summed E-state index contributed by atoms with van der Waals surface area (Å²) in [6, 6.07) is 7.69. The first-order valence-corrected chi connectivity index (χ1v) is 7.79. The lowest BCUT2D eigenvalue weighted by atomic mass is 10.0. The highest BCUT2D eigenvalue weighted by molar-refractivity contribution is 5.86. The van der Waals surface area contributed by atoms with Gasteiger partial charge in [-0.3, -0.25) is 0 Å². The van der Waals surface area contributed by atoms with Gasteiger partial charge in [-0.1, -0.05) is 12.1 Å². The molecule has 1 aromatic carbocycles. The molecule has 6 nitrogen and oxygen atoms in total. The Balaban J connectivity index is 1.55. The summed E-state index contributed by atoms with van der Waals surface area (Å²) in [5, 5.41) is 11.3. The van der Waals surface area contributed by atoms with Crippen molar-refractivity contribution in [3.63, 3.8) is 0 Å². The zero-order valence-electron chi connectivity index (χ0n) is 12.8. The third kappa shape index (κ3) is 2.51. The quantitative estimate of drug-likeness (QED) is 0.772. The molecule has 1 fully saturated rings. The van der Waals surface area contributed by atoms with Gasteiger partial charge in [0.25, 0.3) is 0 Å². The van der Waals surface area contributed by atoms with Crippen LogP contribution >= 0.6 is 0 Å². The van der Waals surface area contributed by atoms with Crippen LogP contribution in [0.2, 0.25) is 0 Å². The number of nitrogens with zero attached hydrogens (tertiary/aromatic N) is 3. The topological polar surface area (TPSA) is 86.2 Å². The second kappa shape index (κ2) is 5.85. The Morgan fingerprint density at radius 2 is 2.00 bits per heavy atom. The number of aliphatic hydroxyl groups excluding tert-OH is 1. The second-order valence-electron chi connectivity index (χ2n) is 5.92. The predicted molar refractivity (Wildman–Crippen MR) is 86.4 cm³/mol. The number of aromatic nitrogens is 3. The molecule has 1 aliphatic rings. The van der Waals surface area contributed by atoms with Crippen LogP contribution in [0.4, 0.5) is 10.2 Å². The van der Waals surface area contributed by atoms with Gasteiger partial charge in [-0.15, -0.1) is 0 Å². The summed E-state index contributed by atoms with van der Waals surface area (Å²) in [4.78, 5) is 8.25. The third-order valence-electron chi connectivity index (χ3n) is 4.44. The number of hydrogen-bond acceptors (Lipinski definition) is 5. The van der Waals surface area contributed by atoms with Gasteiger partial charge in [-0.25, -0.2) is 14.4 Å². The number of anilines is 1. The van der Waals surface area contributed by atoms with Crippen LogP contribution in [0.3, 0.4) is 0 Å². The Labute approximate surface area is 137 Å². The minimum absolute atomic E-state index is 0.225. The van der Waals surface area contributed by atoms with Crippen LogP contribution in [-0.2, 0) is 4.74 Å². The maximum atomic E-state index is 13.0. The fourth-order valence-corrected chi connectivity index (χ4v) is 3.18. The number of nitrogen functional groups attached to an aromatic ring is 1. The van der Waals surface area contributed by atoms with Crippen molar-refractivity contribution in [2.75, 3.05) is 5.73 Å². The molecule has 0 radical (unpaired) electrons. The number of fused-ring (bicyclic) bond motifs is 1. The fourth-order valence-electron chi connectivity index (χ4n) is 3.18. The summed E-state index contributed by atoms with van der Waals surface area (Å²) in [6.45, 7) is 0. The number of halogens is 1. The van der Waals surface area contributed by atoms with Gasteiger partial charge < -0.3 is 20.1 Å². The molecule has 2 aromatic heterocycles. The van der Waals surface area contributed by atoms with Crippen molar-refractivity contribution in [2.24, 2.45) is 0 Å². The van der Waals surface area contributed by atoms with Crippen molar-refractivity contribution in [1.29, 1.82) is 0 Å². The van der Waals surface area contributed by atoms with E-state index in [1.54, 1.807) is 12.1 Å². The summed E-state index contributed by atoms with van der Waals surface area (Å²) in [5.41, 5.74) is 7.21. The van der Waals surface area contributed by atoms with Gasteiger partial charge in [0.2, 0.25) is 0 Å². The molecule has 0 spiro atoms. The zero-order chi connectivity index (χ0) is 16.7. The molecule has 0 aliphatic carbocycles. The van der Waals surface area contributed by atoms with Gasteiger partial charge in [-0.05, 0) is 36.6 Å². The Morgan fingerprint density at radius 1 is 1.21 bits per heavy atom. The molecular formula is C17H17FN4O2. The fraction of sp³-hybridized carbons (Fsp3) is 0.294. The summed E-state index contributed by atoms with van der Waals surface area (Å²) in [5.74, 6) is 0.104. The molecule has 3 unspecified atom stereocenters. The van der Waals surface area contributed by atoms with E-state index in [2.05, 4.69) is 9.97 Å². The van der Waals surface area contributed by atoms with E-state index in [0.29, 0.717) is 23.4 Å². The van der Waals surface area contributed by atoms with Crippen LogP contribution in [-0.4, -0.2) is 25.7 Å². The van der Waals surface area contributed by atoms with Crippen molar-refractivity contribution in [2.45, 2.75) is 31.3 Å². The molecule has 3 heterocycles. The van der Waals surface area contributed by atoms with Crippen molar-refractivity contribution in [3.8, 4) is 0 Å². The van der Waals surface area contributed by atoms with Crippen LogP contribution in [0.5, 0.6) is 0 Å². The van der Waals surface area contributed by atoms with Gasteiger partial charge in [-0.2, -0.15) is 0 Å². The highest BCUT2D eigenvalue weighted by Crippen LogP contribution is 2.36. The lowest BCUT2D eigenvalue weighted by molar-refractivity contribution is -0.0590. The molecule has 0 amide bonds. The molecule has 3 atom stereocenters. The molecule has 24 heavy (non-hydrogen) atoms. The summed E-state index contributed by atoms with van der Waals surface area (Å²) in [6.07, 6.45) is 3.37. The molecule has 3 N–H and O–H groups in total. The van der Waals surface area contributed by atoms with E-state index in [1.807, 2.05) is 16.8 Å². The molecule has 0 bridgehead atoms. The highest BCUT2D eigenvalue weighted by Gasteiger charge is 2.33. The van der Waals surface area contributed by atoms with Crippen molar-refractivity contribution < 1.29 is 14.2 Å². The minimum Gasteiger partial charge on any atom is -0.386 e. The molecule has 7 heteroatoms. The van der Waals surface area contributed by atoms with Crippen LogP contribution in [0.1, 0.15) is 30.7 Å². The molecule has 1 saturated heterocycles. The lowest BCUT2D eigenvalue weighted by Gasteiger charge is -2.20. The number of aliphatic hydroxyl groups is 1. The maximum absolute atomic E-state index is 13.0. The van der Waals surface area contributed by atoms with E-state index in [4.69, 9.17) is 10.5 Å². The number of nitrogens with two attached hydrogens (primary N) is 1. The largest absolute Gasteiger partial charge is 0.386 e. The van der Waals surface area contributed by atoms with Crippen LogP contribution in [0.25, 0.3) is 11.0 Å². The average molecular weight is 328 g/mol. The first-order chi connectivity index (χ1) is 11.6. The Hall–Kier alpha value is -2.51. The van der Waals surface area contributed by atoms with Crippen molar-refractivity contribution in [1.82, 2.24) is 14.5 Å². The van der Waals surface area contributed by atoms with E-state index >= 15 is 0 Å². The van der Waals surface area contributed by atoms with E-state index in [0.717, 1.165) is 11.8 Å². The van der Waals surface area contributed by atoms with Gasteiger partial charge >= 0.3 is 0 Å². The Kier molecular flexibility index (Phi) is 3.66. The summed E-state index contributed by atoms with van der Waals surface area (Å²) < 4.78 is 20.9. The van der Waals surface area contributed by atoms with E-state index in [-0.39, 0.29) is 18.1 Å². The summed E-state index contributed by atoms with van der Waals surface area (Å²) in [7, 11) is 0. The molecular weight excluding hydrogens is 311 g/mol. The standard InChI is InChI=1S/C17H17FN4O2/c18-11-3-1-10(2-4-11)15(23)13-5-6-14(24-13)22-8-7-12-16(19)20-9-21-17(12)22/h1-4,7-9,13-15,23H,5-6H2,(H2,19,20,21). The number of benzene rings is 1. The predicted octanol–water partition coefficient (Wildman–Crippen LogP) is 2.56. The number of hydrogen-bond donors (Lipinski definition) is 2. The van der Waals surface area contributed by atoms with Crippen LogP contribution < -0.4 is 5.73 Å². The van der Waals surface area contributed by atoms with Gasteiger partial charge in [0.15, 0.2) is 0 Å². The smallest absolute Gasteiger partial charge is 0.147 e. The molecule has 3 aromatic rings.